The van der Waals surface area contributed by atoms with Crippen molar-refractivity contribution in [1.29, 1.82) is 0 Å². The Morgan fingerprint density at radius 3 is 2.87 bits per heavy atom. The molecule has 1 aromatic rings. The van der Waals surface area contributed by atoms with E-state index in [0.29, 0.717) is 12.4 Å². The van der Waals surface area contributed by atoms with Gasteiger partial charge in [0.1, 0.15) is 5.76 Å². The highest BCUT2D eigenvalue weighted by atomic mass is 32.1. The minimum atomic E-state index is -0.314. The lowest BCUT2D eigenvalue weighted by Crippen LogP contribution is -2.17. The fourth-order valence-electron chi connectivity index (χ4n) is 1.12. The standard InChI is InChI=1S/C11H15NO2S/c1-4-14-8(3)10-6-5-9(15-10)7(2)11(12)13/h5-7H,3-4H2,1-2H3,(H2,12,13). The third-order valence-corrected chi connectivity index (χ3v) is 3.38. The zero-order valence-electron chi connectivity index (χ0n) is 8.95. The zero-order valence-corrected chi connectivity index (χ0v) is 9.76. The van der Waals surface area contributed by atoms with E-state index in [2.05, 4.69) is 6.58 Å². The minimum Gasteiger partial charge on any atom is -0.493 e. The van der Waals surface area contributed by atoms with Crippen LogP contribution in [0.5, 0.6) is 0 Å². The lowest BCUT2D eigenvalue weighted by molar-refractivity contribution is -0.119. The Hall–Kier alpha value is -1.29. The third-order valence-electron chi connectivity index (χ3n) is 2.07. The van der Waals surface area contributed by atoms with Gasteiger partial charge in [0.25, 0.3) is 0 Å². The molecule has 0 spiro atoms. The number of rotatable bonds is 5. The maximum atomic E-state index is 11.0. The fourth-order valence-corrected chi connectivity index (χ4v) is 2.11. The van der Waals surface area contributed by atoms with E-state index in [1.54, 1.807) is 6.92 Å². The van der Waals surface area contributed by atoms with Gasteiger partial charge in [-0.05, 0) is 26.0 Å². The molecular formula is C11H15NO2S. The molecule has 1 aromatic heterocycles. The Labute approximate surface area is 93.6 Å². The number of nitrogens with two attached hydrogens (primary N) is 1. The summed E-state index contributed by atoms with van der Waals surface area (Å²) < 4.78 is 5.28. The van der Waals surface area contributed by atoms with Crippen LogP contribution in [0.2, 0.25) is 0 Å². The monoisotopic (exact) mass is 225 g/mol. The van der Waals surface area contributed by atoms with Gasteiger partial charge in [0.2, 0.25) is 5.91 Å². The smallest absolute Gasteiger partial charge is 0.225 e. The quantitative estimate of drug-likeness (QED) is 0.782. The molecule has 1 atom stereocenters. The minimum absolute atomic E-state index is 0.252. The van der Waals surface area contributed by atoms with Gasteiger partial charge in [0.15, 0.2) is 0 Å². The van der Waals surface area contributed by atoms with Gasteiger partial charge in [-0.2, -0.15) is 0 Å². The Bertz CT molecular complexity index is 370. The van der Waals surface area contributed by atoms with Crippen LogP contribution in [0.3, 0.4) is 0 Å². The Morgan fingerprint density at radius 2 is 2.33 bits per heavy atom. The molecular weight excluding hydrogens is 210 g/mol. The van der Waals surface area contributed by atoms with E-state index in [1.807, 2.05) is 19.1 Å². The molecule has 82 valence electrons. The molecule has 0 fully saturated rings. The molecule has 0 aliphatic heterocycles. The summed E-state index contributed by atoms with van der Waals surface area (Å²) in [6.45, 7) is 8.10. The molecule has 0 aromatic carbocycles. The summed E-state index contributed by atoms with van der Waals surface area (Å²) in [5.41, 5.74) is 5.23. The Morgan fingerprint density at radius 1 is 1.67 bits per heavy atom. The second-order valence-corrected chi connectivity index (χ2v) is 4.30. The molecule has 1 unspecified atom stereocenters. The normalized spacial score (nSPS) is 12.1. The molecule has 1 heterocycles. The molecule has 0 bridgehead atoms. The third kappa shape index (κ3) is 2.83. The molecule has 15 heavy (non-hydrogen) atoms. The number of carbonyl (C=O) groups is 1. The van der Waals surface area contributed by atoms with Crippen LogP contribution < -0.4 is 5.73 Å². The Kier molecular flexibility index (Phi) is 3.91. The predicted octanol–water partition coefficient (Wildman–Crippen LogP) is 2.34. The van der Waals surface area contributed by atoms with Gasteiger partial charge in [0.05, 0.1) is 17.4 Å². The molecule has 1 amide bonds. The number of carbonyl (C=O) groups excluding carboxylic acids is 1. The number of hydrogen-bond acceptors (Lipinski definition) is 3. The van der Waals surface area contributed by atoms with Crippen molar-refractivity contribution in [1.82, 2.24) is 0 Å². The first kappa shape index (κ1) is 11.8. The molecule has 2 N–H and O–H groups in total. The van der Waals surface area contributed by atoms with Gasteiger partial charge in [-0.25, -0.2) is 0 Å². The van der Waals surface area contributed by atoms with Crippen molar-refractivity contribution in [2.24, 2.45) is 5.73 Å². The van der Waals surface area contributed by atoms with Crippen LogP contribution in [0.4, 0.5) is 0 Å². The van der Waals surface area contributed by atoms with Crippen molar-refractivity contribution in [2.75, 3.05) is 6.61 Å². The summed E-state index contributed by atoms with van der Waals surface area (Å²) in [6.07, 6.45) is 0. The number of thiophene rings is 1. The van der Waals surface area contributed by atoms with Crippen LogP contribution >= 0.6 is 11.3 Å². The lowest BCUT2D eigenvalue weighted by Gasteiger charge is -2.04. The van der Waals surface area contributed by atoms with Crippen LogP contribution in [0, 0.1) is 0 Å². The first-order valence-electron chi connectivity index (χ1n) is 4.77. The van der Waals surface area contributed by atoms with Gasteiger partial charge in [-0.15, -0.1) is 11.3 Å². The van der Waals surface area contributed by atoms with Crippen LogP contribution in [0.25, 0.3) is 5.76 Å². The Balaban J connectivity index is 2.80. The summed E-state index contributed by atoms with van der Waals surface area (Å²) in [7, 11) is 0. The second-order valence-electron chi connectivity index (χ2n) is 3.18. The maximum Gasteiger partial charge on any atom is 0.225 e. The van der Waals surface area contributed by atoms with Gasteiger partial charge < -0.3 is 10.5 Å². The van der Waals surface area contributed by atoms with E-state index in [0.717, 1.165) is 9.75 Å². The van der Waals surface area contributed by atoms with Crippen molar-refractivity contribution >= 4 is 23.0 Å². The summed E-state index contributed by atoms with van der Waals surface area (Å²) in [5, 5.41) is 0. The molecule has 0 saturated heterocycles. The highest BCUT2D eigenvalue weighted by Crippen LogP contribution is 2.28. The van der Waals surface area contributed by atoms with E-state index in [-0.39, 0.29) is 11.8 Å². The largest absolute Gasteiger partial charge is 0.493 e. The van der Waals surface area contributed by atoms with Crippen LogP contribution in [0.1, 0.15) is 29.5 Å². The highest BCUT2D eigenvalue weighted by Gasteiger charge is 2.14. The van der Waals surface area contributed by atoms with E-state index in [4.69, 9.17) is 10.5 Å². The number of amides is 1. The molecule has 0 aliphatic carbocycles. The molecule has 0 saturated carbocycles. The summed E-state index contributed by atoms with van der Waals surface area (Å²) >= 11 is 1.49. The number of ether oxygens (including phenoxy) is 1. The molecule has 0 radical (unpaired) electrons. The van der Waals surface area contributed by atoms with E-state index in [1.165, 1.54) is 11.3 Å². The first-order chi connectivity index (χ1) is 7.06. The van der Waals surface area contributed by atoms with Crippen molar-refractivity contribution in [2.45, 2.75) is 19.8 Å². The van der Waals surface area contributed by atoms with Crippen LogP contribution in [0.15, 0.2) is 18.7 Å². The van der Waals surface area contributed by atoms with Gasteiger partial charge in [-0.3, -0.25) is 4.79 Å². The number of hydrogen-bond donors (Lipinski definition) is 1. The van der Waals surface area contributed by atoms with Crippen molar-refractivity contribution < 1.29 is 9.53 Å². The van der Waals surface area contributed by atoms with Crippen LogP contribution in [-0.4, -0.2) is 12.5 Å². The summed E-state index contributed by atoms with van der Waals surface area (Å²) in [5.74, 6) is 0.0778. The van der Waals surface area contributed by atoms with Gasteiger partial charge in [0, 0.05) is 4.88 Å². The maximum absolute atomic E-state index is 11.0. The molecule has 3 nitrogen and oxygen atoms in total. The van der Waals surface area contributed by atoms with Crippen molar-refractivity contribution in [3.63, 3.8) is 0 Å². The molecule has 4 heteroatoms. The van der Waals surface area contributed by atoms with Gasteiger partial charge >= 0.3 is 0 Å². The van der Waals surface area contributed by atoms with Crippen LogP contribution in [-0.2, 0) is 9.53 Å². The SMILES string of the molecule is C=C(OCC)c1ccc(C(C)C(N)=O)s1. The zero-order chi connectivity index (χ0) is 11.4. The van der Waals surface area contributed by atoms with Crippen molar-refractivity contribution in [3.8, 4) is 0 Å². The first-order valence-corrected chi connectivity index (χ1v) is 5.59. The number of primary amides is 1. The van der Waals surface area contributed by atoms with E-state index in [9.17, 15) is 4.79 Å². The predicted molar refractivity (Wildman–Crippen MR) is 62.6 cm³/mol. The fraction of sp³-hybridized carbons (Fsp3) is 0.364. The van der Waals surface area contributed by atoms with Crippen molar-refractivity contribution in [3.05, 3.63) is 28.5 Å². The molecule has 0 aliphatic rings. The van der Waals surface area contributed by atoms with Gasteiger partial charge in [-0.1, -0.05) is 6.58 Å². The highest BCUT2D eigenvalue weighted by molar-refractivity contribution is 7.13. The summed E-state index contributed by atoms with van der Waals surface area (Å²) in [4.78, 5) is 12.9. The lowest BCUT2D eigenvalue weighted by atomic mass is 10.1. The average Bonchev–Trinajstić information content (AvgIpc) is 2.65. The van der Waals surface area contributed by atoms with E-state index < -0.39 is 0 Å². The summed E-state index contributed by atoms with van der Waals surface area (Å²) in [6, 6.07) is 3.79. The van der Waals surface area contributed by atoms with E-state index >= 15 is 0 Å². The average molecular weight is 225 g/mol. The molecule has 1 rings (SSSR count). The second kappa shape index (κ2) is 4.98. The topological polar surface area (TPSA) is 52.3 Å².